The molecule has 550 valence electrons. The first-order valence-electron chi connectivity index (χ1n) is 35.0. The molecule has 0 radical (unpaired) electrons. The number of benzene rings is 3. The summed E-state index contributed by atoms with van der Waals surface area (Å²) in [5.41, 5.74) is 25.9. The lowest BCUT2D eigenvalue weighted by molar-refractivity contribution is -0.141. The molecule has 99 heavy (non-hydrogen) atoms. The van der Waals surface area contributed by atoms with Gasteiger partial charge in [0.05, 0.1) is 6.04 Å². The first-order valence-corrected chi connectivity index (χ1v) is 35.6. The van der Waals surface area contributed by atoms with Crippen LogP contribution in [0.1, 0.15) is 156 Å². The summed E-state index contributed by atoms with van der Waals surface area (Å²) in [6.07, 6.45) is 3.77. The lowest BCUT2D eigenvalue weighted by Gasteiger charge is -2.29. The molecule has 0 fully saturated rings. The predicted molar refractivity (Wildman–Crippen MR) is 386 cm³/mol. The van der Waals surface area contributed by atoms with E-state index in [0.717, 1.165) is 0 Å². The Hall–Kier alpha value is -7.98. The molecule has 0 unspecified atom stereocenters. The molecule has 3 aromatic rings. The number of aliphatic carboxylic acids is 1. The maximum atomic E-state index is 15.0. The molecule has 3 aromatic carbocycles. The average molecular weight is 1400 g/mol. The highest BCUT2D eigenvalue weighted by atomic mass is 32.1. The van der Waals surface area contributed by atoms with E-state index in [9.17, 15) is 57.8 Å². The number of carbonyl (C=O) groups excluding carboxylic acids is 10. The summed E-state index contributed by atoms with van der Waals surface area (Å²) in [5.74, 6) is -9.43. The lowest BCUT2D eigenvalue weighted by Crippen LogP contribution is -2.61. The van der Waals surface area contributed by atoms with E-state index in [0.29, 0.717) is 68.2 Å². The third-order valence-electron chi connectivity index (χ3n) is 16.9. The second-order valence-electron chi connectivity index (χ2n) is 26.9. The smallest absolute Gasteiger partial charge is 0.327 e. The number of hydrogen-bond donors (Lipinski definition) is 16. The molecule has 0 aliphatic heterocycles. The number of hydrogen-bond acceptors (Lipinski definition) is 16. The lowest BCUT2D eigenvalue weighted by atomic mass is 9.98. The molecule has 19 N–H and O–H groups in total. The number of carboxylic acids is 1. The Kier molecular flexibility index (Phi) is 39.9. The van der Waals surface area contributed by atoms with Crippen LogP contribution in [0.4, 0.5) is 0 Å². The van der Waals surface area contributed by atoms with Crippen molar-refractivity contribution in [2.45, 2.75) is 225 Å². The Morgan fingerprint density at radius 2 is 0.586 bits per heavy atom. The minimum atomic E-state index is -1.37. The maximum absolute atomic E-state index is 15.0. The molecular formula is C72H114N14O12S. The Labute approximate surface area is 590 Å². The number of rotatable bonds is 48. The SMILES string of the molecule is CC[C@H](C)[C@H](N)C(=O)N[C@@H](CCCCN)C(=O)N[C@@H](Cc1ccccc1)C(=O)N[C@@H](CC(C)C)C(=O)N[C@@H](CCCCN)C(=O)N[C@@H](Cc1ccccc1)C(=O)N[C@@H](CC(C)C)C(=O)N[C@@H](CCCCN)C(=O)N[C@@H](Cc1ccccc1)C(=O)N[C@@H](CC(C)C)C(=O)N[C@@H](CS)C(=O)O. The number of unbranched alkanes of at least 4 members (excludes halogenated alkanes) is 3. The Morgan fingerprint density at radius 1 is 0.354 bits per heavy atom. The third kappa shape index (κ3) is 32.3. The van der Waals surface area contributed by atoms with E-state index in [-0.39, 0.29) is 100 Å². The maximum Gasteiger partial charge on any atom is 0.327 e. The molecule has 27 heteroatoms. The van der Waals surface area contributed by atoms with E-state index >= 15 is 0 Å². The quantitative estimate of drug-likeness (QED) is 0.0285. The number of carbonyl (C=O) groups is 11. The molecule has 0 spiro atoms. The molecule has 0 aliphatic carbocycles. The molecule has 0 heterocycles. The van der Waals surface area contributed by atoms with Crippen LogP contribution in [-0.2, 0) is 72.0 Å². The normalized spacial score (nSPS) is 15.0. The van der Waals surface area contributed by atoms with Crippen LogP contribution in [0.25, 0.3) is 0 Å². The van der Waals surface area contributed by atoms with E-state index < -0.39 is 132 Å². The predicted octanol–water partition coefficient (Wildman–Crippen LogP) is 2.48. The van der Waals surface area contributed by atoms with Crippen molar-refractivity contribution in [2.75, 3.05) is 25.4 Å². The van der Waals surface area contributed by atoms with Gasteiger partial charge in [0, 0.05) is 25.0 Å². The highest BCUT2D eigenvalue weighted by molar-refractivity contribution is 7.80. The number of nitrogens with two attached hydrogens (primary N) is 4. The van der Waals surface area contributed by atoms with E-state index in [1.807, 2.05) is 55.4 Å². The van der Waals surface area contributed by atoms with Gasteiger partial charge in [0.15, 0.2) is 0 Å². The van der Waals surface area contributed by atoms with Crippen molar-refractivity contribution in [1.29, 1.82) is 0 Å². The molecule has 0 aromatic heterocycles. The Bertz CT molecular complexity index is 2990. The van der Waals surface area contributed by atoms with Gasteiger partial charge < -0.3 is 81.2 Å². The van der Waals surface area contributed by atoms with Gasteiger partial charge in [-0.3, -0.25) is 47.9 Å². The monoisotopic (exact) mass is 1400 g/mol. The molecule has 0 saturated carbocycles. The van der Waals surface area contributed by atoms with Crippen LogP contribution in [0.2, 0.25) is 0 Å². The fourth-order valence-electron chi connectivity index (χ4n) is 11.0. The summed E-state index contributed by atoms with van der Waals surface area (Å²) in [4.78, 5) is 156. The number of nitrogens with one attached hydrogen (secondary N) is 10. The van der Waals surface area contributed by atoms with Crippen molar-refractivity contribution in [1.82, 2.24) is 53.2 Å². The van der Waals surface area contributed by atoms with Crippen molar-refractivity contribution in [2.24, 2.45) is 46.6 Å². The van der Waals surface area contributed by atoms with Crippen molar-refractivity contribution in [3.63, 3.8) is 0 Å². The van der Waals surface area contributed by atoms with Gasteiger partial charge in [0.25, 0.3) is 0 Å². The Morgan fingerprint density at radius 3 is 0.828 bits per heavy atom. The second-order valence-corrected chi connectivity index (χ2v) is 27.2. The van der Waals surface area contributed by atoms with Crippen LogP contribution in [-0.4, -0.2) is 162 Å². The van der Waals surface area contributed by atoms with Crippen molar-refractivity contribution in [3.8, 4) is 0 Å². The number of amides is 10. The standard InChI is InChI=1S/C72H114N14O12S/c1-9-47(8)61(76)71(96)79-53(33-21-24-36-75)64(89)85-59(42-50-29-17-12-18-30-50)69(94)81-55(38-45(4)5)66(91)77-51(31-19-22-34-73)62(87)83-57(40-48-25-13-10-14-26-48)68(93)80-54(37-44(2)3)65(90)78-52(32-20-23-35-74)63(88)84-58(41-49-27-15-11-16-28-49)70(95)82-56(39-46(6)7)67(92)86-60(43-99)72(97)98/h10-18,25-30,44-47,51-61,99H,9,19-24,31-43,73-76H2,1-8H3,(H,77,91)(H,78,90)(H,79,96)(H,80,93)(H,81,94)(H,82,95)(H,83,87)(H,84,88)(H,85,89)(H,86,92)(H,97,98)/t47-,51-,52-,53-,54-,55-,56-,57-,58-,59-,60-,61-/m0/s1. The summed E-state index contributed by atoms with van der Waals surface area (Å²) < 4.78 is 0. The van der Waals surface area contributed by atoms with Crippen LogP contribution in [0, 0.1) is 23.7 Å². The topological polar surface area (TPSA) is 432 Å². The summed E-state index contributed by atoms with van der Waals surface area (Å²) in [6, 6.07) is 12.9. The largest absolute Gasteiger partial charge is 0.480 e. The Balaban J connectivity index is 2.02. The van der Waals surface area contributed by atoms with Gasteiger partial charge in [-0.05, 0) is 137 Å². The highest BCUT2D eigenvalue weighted by Crippen LogP contribution is 2.16. The summed E-state index contributed by atoms with van der Waals surface area (Å²) >= 11 is 4.06. The van der Waals surface area contributed by atoms with Gasteiger partial charge in [-0.25, -0.2) is 4.79 Å². The second kappa shape index (κ2) is 46.4. The first kappa shape index (κ1) is 85.2. The fraction of sp³-hybridized carbons (Fsp3) is 0.597. The van der Waals surface area contributed by atoms with Gasteiger partial charge in [-0.15, -0.1) is 0 Å². The summed E-state index contributed by atoms with van der Waals surface area (Å²) in [6.45, 7) is 15.6. The van der Waals surface area contributed by atoms with Crippen LogP contribution < -0.4 is 76.1 Å². The van der Waals surface area contributed by atoms with Gasteiger partial charge in [0.1, 0.15) is 60.4 Å². The van der Waals surface area contributed by atoms with Gasteiger partial charge >= 0.3 is 5.97 Å². The average Bonchev–Trinajstić information content (AvgIpc) is 0.859. The minimum Gasteiger partial charge on any atom is -0.480 e. The molecule has 0 aliphatic rings. The zero-order valence-electron chi connectivity index (χ0n) is 59.2. The van der Waals surface area contributed by atoms with Crippen molar-refractivity contribution < 1.29 is 57.8 Å². The van der Waals surface area contributed by atoms with E-state index in [4.69, 9.17) is 22.9 Å². The zero-order chi connectivity index (χ0) is 73.6. The minimum absolute atomic E-state index is 0.000613. The van der Waals surface area contributed by atoms with Crippen LogP contribution in [0.3, 0.4) is 0 Å². The van der Waals surface area contributed by atoms with E-state index in [1.54, 1.807) is 91.0 Å². The van der Waals surface area contributed by atoms with E-state index in [2.05, 4.69) is 65.8 Å². The van der Waals surface area contributed by atoms with Gasteiger partial charge in [0.2, 0.25) is 59.1 Å². The van der Waals surface area contributed by atoms with Crippen LogP contribution >= 0.6 is 12.6 Å². The fourth-order valence-corrected chi connectivity index (χ4v) is 11.2. The van der Waals surface area contributed by atoms with Crippen LogP contribution in [0.5, 0.6) is 0 Å². The van der Waals surface area contributed by atoms with Gasteiger partial charge in [-0.1, -0.05) is 153 Å². The highest BCUT2D eigenvalue weighted by Gasteiger charge is 2.37. The summed E-state index contributed by atoms with van der Waals surface area (Å²) in [5, 5.41) is 37.5. The third-order valence-corrected chi connectivity index (χ3v) is 17.2. The van der Waals surface area contributed by atoms with E-state index in [1.165, 1.54) is 0 Å². The first-order chi connectivity index (χ1) is 47.1. The molecule has 10 amide bonds. The molecule has 12 atom stereocenters. The van der Waals surface area contributed by atoms with Gasteiger partial charge in [-0.2, -0.15) is 12.6 Å². The number of thiol groups is 1. The molecule has 0 bridgehead atoms. The van der Waals surface area contributed by atoms with Crippen molar-refractivity contribution >= 4 is 77.7 Å². The molecule has 3 rings (SSSR count). The molecule has 26 nitrogen and oxygen atoms in total. The summed E-state index contributed by atoms with van der Waals surface area (Å²) in [7, 11) is 0. The molecule has 0 saturated heterocycles. The van der Waals surface area contributed by atoms with Crippen LogP contribution in [0.15, 0.2) is 91.0 Å². The number of carboxylic acid groups (broad SMARTS) is 1. The molecular weight excluding hydrogens is 1280 g/mol. The van der Waals surface area contributed by atoms with Crippen molar-refractivity contribution in [3.05, 3.63) is 108 Å². The zero-order valence-corrected chi connectivity index (χ0v) is 60.1.